The number of benzene rings is 3. The van der Waals surface area contributed by atoms with Crippen molar-refractivity contribution in [3.05, 3.63) is 201 Å². The average Bonchev–Trinajstić information content (AvgIpc) is 0.947. The standard InChI is InChI=1S/C10H10O2.C9H9NO.C8H8.5C6H13N.C5H11N.2C4H11N.C3H9N.C2H3N.5C2H6.6CH4/c1-8(2)10(11)12-9-6-4-3-5-7-9;1-2-9(11)10-8-6-4-3-5-7-8;1-2-8-6-4-3-5-7-8;4*1-6(2)5-7(3)4;1-4-5-6-7(2)3;1-4-5-6(2)3;2*1-4-5(2)3;1-4(2)3;1-2-3;5*1-2;;;;;;/h3-7H,1H2,2H3;2-7H,1H2,(H,10,11);2-7H,1H2;4*1,5H2,2-4H3;4-5H,6H2,1-3H3;4H,1,5H2,2-3H3;2*4H2,1-3H3;1-3H3;1H3;5*1-2H3;6*1H4. The van der Waals surface area contributed by atoms with Gasteiger partial charge in [0.15, 0.2) is 0 Å². The molecular formula is C91H191N11O3. The van der Waals surface area contributed by atoms with Crippen molar-refractivity contribution in [3.63, 3.8) is 0 Å². The molecule has 0 heterocycles. The lowest BCUT2D eigenvalue weighted by atomic mass is 10.2. The number of allylic oxidation sites excluding steroid dienone is 1. The Morgan fingerprint density at radius 2 is 0.676 bits per heavy atom. The molecule has 0 saturated carbocycles. The lowest BCUT2D eigenvalue weighted by molar-refractivity contribution is -0.130. The van der Waals surface area contributed by atoms with E-state index in [1.807, 2.05) is 279 Å². The van der Waals surface area contributed by atoms with Crippen LogP contribution in [-0.4, -0.2) is 242 Å². The van der Waals surface area contributed by atoms with Gasteiger partial charge in [0, 0.05) is 57.5 Å². The lowest BCUT2D eigenvalue weighted by Crippen LogP contribution is -2.12. The van der Waals surface area contributed by atoms with Crippen molar-refractivity contribution in [2.75, 3.05) is 192 Å². The van der Waals surface area contributed by atoms with Crippen LogP contribution in [0.5, 0.6) is 5.75 Å². The maximum atomic E-state index is 11.0. The second-order valence-corrected chi connectivity index (χ2v) is 22.7. The van der Waals surface area contributed by atoms with Crippen LogP contribution in [0.25, 0.3) is 6.08 Å². The summed E-state index contributed by atoms with van der Waals surface area (Å²) >= 11 is 0. The molecule has 0 bridgehead atoms. The quantitative estimate of drug-likeness (QED) is 0.0533. The molecule has 105 heavy (non-hydrogen) atoms. The zero-order chi connectivity index (χ0) is 81.9. The number of nitrogens with zero attached hydrogens (tertiary/aromatic N) is 10. The summed E-state index contributed by atoms with van der Waals surface area (Å²) in [4.78, 5) is 40.6. The van der Waals surface area contributed by atoms with Crippen LogP contribution in [-0.2, 0) is 9.59 Å². The van der Waals surface area contributed by atoms with Gasteiger partial charge in [-0.05, 0) is 224 Å². The highest BCUT2D eigenvalue weighted by Crippen LogP contribution is 2.10. The molecular weight excluding hydrogens is 1300 g/mol. The number of hydrogen-bond donors (Lipinski definition) is 1. The molecule has 14 heteroatoms. The molecule has 0 aliphatic heterocycles. The molecule has 0 fully saturated rings. The Morgan fingerprint density at radius 3 is 0.810 bits per heavy atom. The van der Waals surface area contributed by atoms with Crippen LogP contribution in [0.15, 0.2) is 196 Å². The van der Waals surface area contributed by atoms with E-state index in [-0.39, 0.29) is 56.4 Å². The highest BCUT2D eigenvalue weighted by Gasteiger charge is 2.03. The van der Waals surface area contributed by atoms with Gasteiger partial charge in [0.05, 0.1) is 6.07 Å². The number of carbonyl (C=O) groups excluding carboxylic acids is 2. The Labute approximate surface area is 664 Å². The number of nitrogens with one attached hydrogen (secondary N) is 1. The molecule has 14 nitrogen and oxygen atoms in total. The molecule has 0 atom stereocenters. The average molecular weight is 1490 g/mol. The van der Waals surface area contributed by atoms with E-state index >= 15 is 0 Å². The van der Waals surface area contributed by atoms with Crippen molar-refractivity contribution in [3.8, 4) is 11.8 Å². The van der Waals surface area contributed by atoms with Crippen LogP contribution >= 0.6 is 0 Å². The van der Waals surface area contributed by atoms with Crippen LogP contribution < -0.4 is 10.1 Å². The first-order chi connectivity index (χ1) is 46.2. The fraction of sp³-hybridized carbons (Fsp3) is 0.571. The number of para-hydroxylation sites is 2. The first kappa shape index (κ1) is 156. The van der Waals surface area contributed by atoms with E-state index in [0.717, 1.165) is 58.0 Å². The highest BCUT2D eigenvalue weighted by molar-refractivity contribution is 5.98. The highest BCUT2D eigenvalue weighted by atomic mass is 16.5. The largest absolute Gasteiger partial charge is 0.423 e. The van der Waals surface area contributed by atoms with Crippen molar-refractivity contribution >= 4 is 23.6 Å². The number of likely N-dealkylation sites (N-methyl/N-ethyl adjacent to an activating group) is 6. The van der Waals surface area contributed by atoms with Crippen LogP contribution in [0.4, 0.5) is 5.69 Å². The van der Waals surface area contributed by atoms with Gasteiger partial charge in [0.1, 0.15) is 5.75 Å². The minimum absolute atomic E-state index is 0. The van der Waals surface area contributed by atoms with Gasteiger partial charge in [-0.15, -0.1) is 6.58 Å². The van der Waals surface area contributed by atoms with Crippen molar-refractivity contribution in [2.24, 2.45) is 0 Å². The molecule has 3 rings (SSSR count). The van der Waals surface area contributed by atoms with Crippen LogP contribution in [0.1, 0.15) is 182 Å². The molecule has 0 aliphatic rings. The number of esters is 1. The summed E-state index contributed by atoms with van der Waals surface area (Å²) in [6, 6.07) is 30.0. The molecule has 0 aromatic heterocycles. The Bertz CT molecular complexity index is 2090. The van der Waals surface area contributed by atoms with Gasteiger partial charge in [-0.25, -0.2) is 4.79 Å². The zero-order valence-corrected chi connectivity index (χ0v) is 72.6. The monoisotopic (exact) mass is 1490 g/mol. The smallest absolute Gasteiger partial charge is 0.338 e. The van der Waals surface area contributed by atoms with Gasteiger partial charge in [-0.3, -0.25) is 4.79 Å². The minimum Gasteiger partial charge on any atom is -0.423 e. The second kappa shape index (κ2) is 137. The van der Waals surface area contributed by atoms with E-state index in [0.29, 0.717) is 11.3 Å². The molecule has 0 radical (unpaired) electrons. The molecule has 0 unspecified atom stereocenters. The Balaban J connectivity index is -0.0000000382. The topological polar surface area (TPSA) is 108 Å². The number of carbonyl (C=O) groups is 2. The predicted octanol–water partition coefficient (Wildman–Crippen LogP) is 23.5. The number of anilines is 1. The number of amides is 1. The molecule has 0 spiro atoms. The number of nitriles is 1. The van der Waals surface area contributed by atoms with E-state index in [4.69, 9.17) is 10.00 Å². The summed E-state index contributed by atoms with van der Waals surface area (Å²) in [5.41, 5.74) is 7.22. The van der Waals surface area contributed by atoms with E-state index in [9.17, 15) is 9.59 Å². The van der Waals surface area contributed by atoms with Crippen molar-refractivity contribution in [1.29, 1.82) is 5.26 Å². The maximum Gasteiger partial charge on any atom is 0.338 e. The Morgan fingerprint density at radius 1 is 0.438 bits per heavy atom. The molecule has 0 aliphatic carbocycles. The van der Waals surface area contributed by atoms with Crippen molar-refractivity contribution in [2.45, 2.75) is 176 Å². The Hall–Kier alpha value is -6.61. The summed E-state index contributed by atoms with van der Waals surface area (Å²) < 4.78 is 4.94. The SMILES string of the molecule is C.C.C.C.C.C.C=C(C)C(=O)Oc1ccccc1.C=C(C)CN(C)C.C=C(C)CN(C)C.C=C(C)CN(C)C.C=C(C)CN(C)C.C=CC(=O)Nc1ccccc1.C=CCN(C)C.C=Cc1ccccc1.CC.CC.CC.CC.CC.CC#N.CC=CCN(C)C.CCN(C)C.CCN(C)C.CN(C)C. The maximum absolute atomic E-state index is 11.0. The molecule has 3 aromatic carbocycles. The summed E-state index contributed by atoms with van der Waals surface area (Å²) in [5.74, 6) is -0.0251. The van der Waals surface area contributed by atoms with Gasteiger partial charge in [-0.1, -0.05) is 287 Å². The third kappa shape index (κ3) is 243. The van der Waals surface area contributed by atoms with E-state index in [2.05, 4.69) is 165 Å². The van der Waals surface area contributed by atoms with E-state index in [1.54, 1.807) is 37.3 Å². The summed E-state index contributed by atoms with van der Waals surface area (Å²) in [6.45, 7) is 74.8. The third-order valence-corrected chi connectivity index (χ3v) is 8.37. The zero-order valence-electron chi connectivity index (χ0n) is 72.6. The van der Waals surface area contributed by atoms with Gasteiger partial charge >= 0.3 is 5.97 Å². The summed E-state index contributed by atoms with van der Waals surface area (Å²) in [6.07, 6.45) is 9.13. The fourth-order valence-corrected chi connectivity index (χ4v) is 4.72. The van der Waals surface area contributed by atoms with Crippen LogP contribution in [0.3, 0.4) is 0 Å². The van der Waals surface area contributed by atoms with Gasteiger partial charge in [-0.2, -0.15) is 5.26 Å². The third-order valence-electron chi connectivity index (χ3n) is 8.37. The number of ether oxygens (including phenoxy) is 1. The number of rotatable bonds is 19. The molecule has 1 N–H and O–H groups in total. The van der Waals surface area contributed by atoms with Gasteiger partial charge in [0.25, 0.3) is 0 Å². The van der Waals surface area contributed by atoms with Crippen LogP contribution in [0.2, 0.25) is 0 Å². The molecule has 1 amide bonds. The molecule has 628 valence electrons. The van der Waals surface area contributed by atoms with Gasteiger partial charge in [0.2, 0.25) is 5.91 Å². The predicted molar refractivity (Wildman–Crippen MR) is 501 cm³/mol. The Kier molecular flexibility index (Phi) is 203. The number of hydrogen-bond acceptors (Lipinski definition) is 13. The second-order valence-electron chi connectivity index (χ2n) is 22.7. The molecule has 3 aromatic rings. The normalized spacial score (nSPS) is 8.10. The summed E-state index contributed by atoms with van der Waals surface area (Å²) in [5, 5.41) is 9.95. The van der Waals surface area contributed by atoms with Crippen LogP contribution in [0, 0.1) is 11.3 Å². The first-order valence-electron chi connectivity index (χ1n) is 34.7. The van der Waals surface area contributed by atoms with Crippen molar-refractivity contribution in [1.82, 2.24) is 44.1 Å². The van der Waals surface area contributed by atoms with E-state index in [1.165, 1.54) is 40.9 Å². The minimum atomic E-state index is -0.388. The first-order valence-corrected chi connectivity index (χ1v) is 34.7. The lowest BCUT2D eigenvalue weighted by Gasteiger charge is -2.06. The molecule has 0 saturated heterocycles. The summed E-state index contributed by atoms with van der Waals surface area (Å²) in [7, 11) is 38.7. The van der Waals surface area contributed by atoms with Crippen molar-refractivity contribution < 1.29 is 14.3 Å². The fourth-order valence-electron chi connectivity index (χ4n) is 4.72. The van der Waals surface area contributed by atoms with E-state index < -0.39 is 0 Å². The van der Waals surface area contributed by atoms with Gasteiger partial charge < -0.3 is 54.2 Å².